The standard InChI is InChI=1S/C15H27N3O/c1-5-12-7-16-14(11(3)4)9-18(12)10-15-17-8-13(6-2)19-15/h8,11-12,14,16H,5-7,9-10H2,1-4H3. The van der Waals surface area contributed by atoms with Crippen LogP contribution in [0.1, 0.15) is 45.8 Å². The van der Waals surface area contributed by atoms with Crippen LogP contribution in [0.3, 0.4) is 0 Å². The predicted octanol–water partition coefficient (Wildman–Crippen LogP) is 2.45. The Bertz CT molecular complexity index is 388. The number of oxazole rings is 1. The van der Waals surface area contributed by atoms with E-state index in [1.807, 2.05) is 6.20 Å². The molecular weight excluding hydrogens is 238 g/mol. The molecule has 0 saturated carbocycles. The van der Waals surface area contributed by atoms with Crippen LogP contribution >= 0.6 is 0 Å². The molecule has 1 aromatic heterocycles. The van der Waals surface area contributed by atoms with Gasteiger partial charge in [0.05, 0.1) is 12.7 Å². The van der Waals surface area contributed by atoms with Crippen molar-refractivity contribution in [3.8, 4) is 0 Å². The molecule has 1 aliphatic rings. The summed E-state index contributed by atoms with van der Waals surface area (Å²) in [7, 11) is 0. The number of hydrogen-bond donors (Lipinski definition) is 1. The molecular formula is C15H27N3O. The fraction of sp³-hybridized carbons (Fsp3) is 0.800. The van der Waals surface area contributed by atoms with Crippen molar-refractivity contribution in [1.29, 1.82) is 0 Å². The molecule has 0 aliphatic carbocycles. The first-order chi connectivity index (χ1) is 9.13. The first kappa shape index (κ1) is 14.5. The Morgan fingerprint density at radius 3 is 2.84 bits per heavy atom. The molecule has 0 bridgehead atoms. The molecule has 0 aromatic carbocycles. The minimum absolute atomic E-state index is 0.573. The van der Waals surface area contributed by atoms with Crippen molar-refractivity contribution < 1.29 is 4.42 Å². The second-order valence-electron chi connectivity index (χ2n) is 5.82. The minimum Gasteiger partial charge on any atom is -0.444 e. The lowest BCUT2D eigenvalue weighted by Crippen LogP contribution is -2.57. The monoisotopic (exact) mass is 265 g/mol. The maximum Gasteiger partial charge on any atom is 0.208 e. The smallest absolute Gasteiger partial charge is 0.208 e. The Labute approximate surface area is 116 Å². The topological polar surface area (TPSA) is 41.3 Å². The molecule has 2 unspecified atom stereocenters. The van der Waals surface area contributed by atoms with Crippen LogP contribution in [0.5, 0.6) is 0 Å². The van der Waals surface area contributed by atoms with Crippen LogP contribution in [0.4, 0.5) is 0 Å². The third-order valence-electron chi connectivity index (χ3n) is 4.13. The van der Waals surface area contributed by atoms with Crippen molar-refractivity contribution in [3.05, 3.63) is 17.8 Å². The van der Waals surface area contributed by atoms with E-state index in [0.717, 1.165) is 37.7 Å². The Morgan fingerprint density at radius 1 is 1.47 bits per heavy atom. The number of nitrogens with one attached hydrogen (secondary N) is 1. The van der Waals surface area contributed by atoms with Gasteiger partial charge in [-0.3, -0.25) is 4.90 Å². The third-order valence-corrected chi connectivity index (χ3v) is 4.13. The van der Waals surface area contributed by atoms with Crippen LogP contribution in [-0.4, -0.2) is 35.1 Å². The molecule has 2 heterocycles. The van der Waals surface area contributed by atoms with Crippen molar-refractivity contribution in [3.63, 3.8) is 0 Å². The third kappa shape index (κ3) is 3.57. The van der Waals surface area contributed by atoms with Crippen molar-refractivity contribution in [2.24, 2.45) is 5.92 Å². The predicted molar refractivity (Wildman–Crippen MR) is 77.0 cm³/mol. The van der Waals surface area contributed by atoms with Crippen LogP contribution < -0.4 is 5.32 Å². The van der Waals surface area contributed by atoms with Crippen LogP contribution in [0, 0.1) is 5.92 Å². The molecule has 0 radical (unpaired) electrons. The van der Waals surface area contributed by atoms with Crippen LogP contribution in [0.25, 0.3) is 0 Å². The highest BCUT2D eigenvalue weighted by atomic mass is 16.4. The van der Waals surface area contributed by atoms with Gasteiger partial charge in [0.2, 0.25) is 5.89 Å². The number of nitrogens with zero attached hydrogens (tertiary/aromatic N) is 2. The van der Waals surface area contributed by atoms with Gasteiger partial charge < -0.3 is 9.73 Å². The van der Waals surface area contributed by atoms with E-state index in [-0.39, 0.29) is 0 Å². The Kier molecular flexibility index (Phi) is 4.99. The van der Waals surface area contributed by atoms with Crippen LogP contribution in [0.2, 0.25) is 0 Å². The zero-order chi connectivity index (χ0) is 13.8. The van der Waals surface area contributed by atoms with Gasteiger partial charge in [-0.25, -0.2) is 4.98 Å². The summed E-state index contributed by atoms with van der Waals surface area (Å²) >= 11 is 0. The Morgan fingerprint density at radius 2 is 2.26 bits per heavy atom. The number of rotatable bonds is 5. The fourth-order valence-corrected chi connectivity index (χ4v) is 2.68. The second-order valence-corrected chi connectivity index (χ2v) is 5.82. The van der Waals surface area contributed by atoms with E-state index < -0.39 is 0 Å². The summed E-state index contributed by atoms with van der Waals surface area (Å²) in [6.07, 6.45) is 3.94. The highest BCUT2D eigenvalue weighted by Gasteiger charge is 2.29. The first-order valence-electron chi connectivity index (χ1n) is 7.55. The molecule has 0 amide bonds. The van der Waals surface area contributed by atoms with E-state index in [4.69, 9.17) is 4.42 Å². The maximum atomic E-state index is 5.75. The normalized spacial score (nSPS) is 25.1. The van der Waals surface area contributed by atoms with Gasteiger partial charge in [0.1, 0.15) is 5.76 Å². The summed E-state index contributed by atoms with van der Waals surface area (Å²) in [5.74, 6) is 2.51. The van der Waals surface area contributed by atoms with Gasteiger partial charge in [-0.2, -0.15) is 0 Å². The molecule has 4 nitrogen and oxygen atoms in total. The van der Waals surface area contributed by atoms with Crippen molar-refractivity contribution in [2.45, 2.75) is 59.2 Å². The van der Waals surface area contributed by atoms with Gasteiger partial charge in [-0.05, 0) is 12.3 Å². The zero-order valence-corrected chi connectivity index (χ0v) is 12.6. The van der Waals surface area contributed by atoms with Crippen LogP contribution in [0.15, 0.2) is 10.6 Å². The molecule has 1 fully saturated rings. The number of aromatic nitrogens is 1. The van der Waals surface area contributed by atoms with Gasteiger partial charge in [0.15, 0.2) is 0 Å². The van der Waals surface area contributed by atoms with Gasteiger partial charge in [0.25, 0.3) is 0 Å². The molecule has 1 saturated heterocycles. The van der Waals surface area contributed by atoms with Crippen molar-refractivity contribution in [2.75, 3.05) is 13.1 Å². The summed E-state index contributed by atoms with van der Waals surface area (Å²) in [6, 6.07) is 1.16. The molecule has 1 aromatic rings. The summed E-state index contributed by atoms with van der Waals surface area (Å²) in [6.45, 7) is 11.9. The van der Waals surface area contributed by atoms with Gasteiger partial charge in [-0.1, -0.05) is 27.7 Å². The van der Waals surface area contributed by atoms with Gasteiger partial charge >= 0.3 is 0 Å². The summed E-state index contributed by atoms with van der Waals surface area (Å²) in [4.78, 5) is 6.91. The summed E-state index contributed by atoms with van der Waals surface area (Å²) < 4.78 is 5.75. The summed E-state index contributed by atoms with van der Waals surface area (Å²) in [5, 5.41) is 3.66. The molecule has 2 atom stereocenters. The zero-order valence-electron chi connectivity index (χ0n) is 12.6. The lowest BCUT2D eigenvalue weighted by molar-refractivity contribution is 0.0937. The van der Waals surface area contributed by atoms with E-state index in [0.29, 0.717) is 18.0 Å². The lowest BCUT2D eigenvalue weighted by atomic mass is 9.98. The first-order valence-corrected chi connectivity index (χ1v) is 7.55. The van der Waals surface area contributed by atoms with E-state index >= 15 is 0 Å². The second kappa shape index (κ2) is 6.53. The molecule has 0 spiro atoms. The highest BCUT2D eigenvalue weighted by Crippen LogP contribution is 2.18. The Balaban J connectivity index is 2.01. The molecule has 2 rings (SSSR count). The maximum absolute atomic E-state index is 5.75. The average molecular weight is 265 g/mol. The average Bonchev–Trinajstić information content (AvgIpc) is 2.86. The van der Waals surface area contributed by atoms with Crippen molar-refractivity contribution in [1.82, 2.24) is 15.2 Å². The largest absolute Gasteiger partial charge is 0.444 e. The number of aryl methyl sites for hydroxylation is 1. The van der Waals surface area contributed by atoms with Crippen molar-refractivity contribution >= 4 is 0 Å². The van der Waals surface area contributed by atoms with E-state index in [1.54, 1.807) is 0 Å². The quantitative estimate of drug-likeness (QED) is 0.888. The minimum atomic E-state index is 0.573. The number of piperazine rings is 1. The van der Waals surface area contributed by atoms with Gasteiger partial charge in [0, 0.05) is 31.6 Å². The lowest BCUT2D eigenvalue weighted by Gasteiger charge is -2.41. The fourth-order valence-electron chi connectivity index (χ4n) is 2.68. The summed E-state index contributed by atoms with van der Waals surface area (Å²) in [5.41, 5.74) is 0. The highest BCUT2D eigenvalue weighted by molar-refractivity contribution is 4.95. The van der Waals surface area contributed by atoms with Gasteiger partial charge in [-0.15, -0.1) is 0 Å². The van der Waals surface area contributed by atoms with Crippen LogP contribution in [-0.2, 0) is 13.0 Å². The molecule has 108 valence electrons. The molecule has 1 aliphatic heterocycles. The Hall–Kier alpha value is -0.870. The van der Waals surface area contributed by atoms with E-state index in [2.05, 4.69) is 42.9 Å². The van der Waals surface area contributed by atoms with E-state index in [9.17, 15) is 0 Å². The van der Waals surface area contributed by atoms with E-state index in [1.165, 1.54) is 6.42 Å². The molecule has 19 heavy (non-hydrogen) atoms. The number of hydrogen-bond acceptors (Lipinski definition) is 4. The molecule has 4 heteroatoms. The molecule has 1 N–H and O–H groups in total. The SMILES string of the molecule is CCc1cnc(CN2CC(C(C)C)NCC2CC)o1.